The summed E-state index contributed by atoms with van der Waals surface area (Å²) in [6, 6.07) is 15.6. The number of fused-ring (bicyclic) bond motifs is 1. The number of allylic oxidation sites excluding steroid dienone is 1. The molecule has 3 rings (SSSR count). The molecule has 2 aromatic carbocycles. The van der Waals surface area contributed by atoms with E-state index in [-0.39, 0.29) is 5.41 Å². The van der Waals surface area contributed by atoms with Crippen LogP contribution in [0.5, 0.6) is 0 Å². The summed E-state index contributed by atoms with van der Waals surface area (Å²) in [5.41, 5.74) is 8.49. The third kappa shape index (κ3) is 3.66. The quantitative estimate of drug-likeness (QED) is 0.623. The van der Waals surface area contributed by atoms with E-state index in [4.69, 9.17) is 0 Å². The lowest BCUT2D eigenvalue weighted by Crippen LogP contribution is -2.34. The van der Waals surface area contributed by atoms with E-state index in [1.54, 1.807) is 0 Å². The van der Waals surface area contributed by atoms with Gasteiger partial charge in [-0.25, -0.2) is 0 Å². The Morgan fingerprint density at radius 2 is 1.80 bits per heavy atom. The second-order valence-electron chi connectivity index (χ2n) is 8.61. The van der Waals surface area contributed by atoms with Gasteiger partial charge in [-0.1, -0.05) is 69.8 Å². The van der Waals surface area contributed by atoms with Crippen molar-refractivity contribution in [2.45, 2.75) is 53.4 Å². The Kier molecular flexibility index (Phi) is 4.77. The monoisotopic (exact) mass is 333 g/mol. The fourth-order valence-electron chi connectivity index (χ4n) is 4.26. The molecule has 0 saturated heterocycles. The summed E-state index contributed by atoms with van der Waals surface area (Å²) in [6.45, 7) is 16.8. The minimum Gasteiger partial charge on any atom is -0.346 e. The summed E-state index contributed by atoms with van der Waals surface area (Å²) in [7, 11) is 0. The van der Waals surface area contributed by atoms with Gasteiger partial charge in [-0.15, -0.1) is 0 Å². The molecule has 1 nitrogen and oxygen atoms in total. The Morgan fingerprint density at radius 3 is 2.40 bits per heavy atom. The molecule has 25 heavy (non-hydrogen) atoms. The normalized spacial score (nSPS) is 17.3. The molecule has 0 amide bonds. The van der Waals surface area contributed by atoms with Gasteiger partial charge in [0.2, 0.25) is 0 Å². The van der Waals surface area contributed by atoms with E-state index < -0.39 is 0 Å². The topological polar surface area (TPSA) is 3.24 Å². The first-order valence-electron chi connectivity index (χ1n) is 9.38. The molecular weight excluding hydrogens is 302 g/mol. The van der Waals surface area contributed by atoms with Gasteiger partial charge in [0.1, 0.15) is 0 Å². The van der Waals surface area contributed by atoms with Gasteiger partial charge in [0.05, 0.1) is 0 Å². The summed E-state index contributed by atoms with van der Waals surface area (Å²) in [5, 5.41) is 0. The largest absolute Gasteiger partial charge is 0.346 e. The van der Waals surface area contributed by atoms with Crippen molar-refractivity contribution < 1.29 is 0 Å². The van der Waals surface area contributed by atoms with Crippen LogP contribution < -0.4 is 4.90 Å². The van der Waals surface area contributed by atoms with Crippen molar-refractivity contribution in [2.24, 2.45) is 5.41 Å². The van der Waals surface area contributed by atoms with Crippen molar-refractivity contribution >= 4 is 5.69 Å². The van der Waals surface area contributed by atoms with Crippen LogP contribution in [0.25, 0.3) is 0 Å². The van der Waals surface area contributed by atoms with Crippen molar-refractivity contribution in [3.8, 4) is 0 Å². The first-order chi connectivity index (χ1) is 11.8. The first kappa shape index (κ1) is 17.8. The highest BCUT2D eigenvalue weighted by Gasteiger charge is 2.34. The number of hydrogen-bond acceptors (Lipinski definition) is 1. The second kappa shape index (κ2) is 6.71. The maximum Gasteiger partial charge on any atom is 0.0473 e. The molecule has 1 aliphatic heterocycles. The highest BCUT2D eigenvalue weighted by atomic mass is 15.1. The van der Waals surface area contributed by atoms with Crippen LogP contribution in [0, 0.1) is 12.3 Å². The van der Waals surface area contributed by atoms with E-state index in [9.17, 15) is 0 Å². The van der Waals surface area contributed by atoms with Crippen molar-refractivity contribution in [2.75, 3.05) is 11.4 Å². The molecule has 1 heteroatoms. The molecule has 0 aliphatic carbocycles. The van der Waals surface area contributed by atoms with Crippen LogP contribution in [-0.2, 0) is 6.42 Å². The zero-order valence-electron chi connectivity index (χ0n) is 16.4. The Hall–Kier alpha value is -2.02. The molecule has 2 aromatic rings. The Balaban J connectivity index is 2.09. The van der Waals surface area contributed by atoms with E-state index in [0.717, 1.165) is 18.7 Å². The van der Waals surface area contributed by atoms with E-state index in [2.05, 4.69) is 88.6 Å². The van der Waals surface area contributed by atoms with Crippen molar-refractivity contribution in [3.05, 3.63) is 77.0 Å². The molecule has 0 aromatic heterocycles. The lowest BCUT2D eigenvalue weighted by atomic mass is 9.71. The average molecular weight is 334 g/mol. The Labute approximate surface area is 153 Å². The van der Waals surface area contributed by atoms with Crippen molar-refractivity contribution in [1.82, 2.24) is 0 Å². The minimum absolute atomic E-state index is 0.272. The molecular formula is C24H31N. The lowest BCUT2D eigenvalue weighted by molar-refractivity contribution is 0.300. The number of aryl methyl sites for hydroxylation is 1. The lowest BCUT2D eigenvalue weighted by Gasteiger charge is -2.42. The average Bonchev–Trinajstić information content (AvgIpc) is 2.53. The fourth-order valence-corrected chi connectivity index (χ4v) is 4.26. The Bertz CT molecular complexity index is 765. The van der Waals surface area contributed by atoms with Gasteiger partial charge in [-0.3, -0.25) is 0 Å². The number of benzene rings is 2. The fraction of sp³-hybridized carbons (Fsp3) is 0.417. The highest BCUT2D eigenvalue weighted by molar-refractivity contribution is 5.66. The van der Waals surface area contributed by atoms with E-state index >= 15 is 0 Å². The third-order valence-corrected chi connectivity index (χ3v) is 5.43. The third-order valence-electron chi connectivity index (χ3n) is 5.43. The standard InChI is InChI=1S/C24H31N/c1-17(2)25-13-12-22(24(4,5)6)21-16-20(14-18(3)23(21)25)15-19-10-8-7-9-11-19/h7-11,14,16,22H,1,12-13,15H2,2-6H3. The zero-order chi connectivity index (χ0) is 18.2. The van der Waals surface area contributed by atoms with Crippen LogP contribution in [0.4, 0.5) is 5.69 Å². The zero-order valence-corrected chi connectivity index (χ0v) is 16.4. The van der Waals surface area contributed by atoms with Crippen LogP contribution in [0.3, 0.4) is 0 Å². The molecule has 132 valence electrons. The molecule has 0 bridgehead atoms. The summed E-state index contributed by atoms with van der Waals surface area (Å²) < 4.78 is 0. The van der Waals surface area contributed by atoms with Crippen molar-refractivity contribution in [3.63, 3.8) is 0 Å². The van der Waals surface area contributed by atoms with Crippen LogP contribution >= 0.6 is 0 Å². The van der Waals surface area contributed by atoms with Gasteiger partial charge in [0.15, 0.2) is 0 Å². The summed E-state index contributed by atoms with van der Waals surface area (Å²) >= 11 is 0. The molecule has 0 N–H and O–H groups in total. The molecule has 1 heterocycles. The van der Waals surface area contributed by atoms with Gasteiger partial charge in [-0.05, 0) is 60.3 Å². The number of anilines is 1. The van der Waals surface area contributed by atoms with Gasteiger partial charge in [0, 0.05) is 17.9 Å². The van der Waals surface area contributed by atoms with E-state index in [1.807, 2.05) is 0 Å². The Morgan fingerprint density at radius 1 is 1.12 bits per heavy atom. The highest BCUT2D eigenvalue weighted by Crippen LogP contribution is 2.47. The molecule has 1 unspecified atom stereocenters. The van der Waals surface area contributed by atoms with Crippen LogP contribution in [0.15, 0.2) is 54.7 Å². The predicted octanol–water partition coefficient (Wildman–Crippen LogP) is 6.46. The maximum absolute atomic E-state index is 4.22. The van der Waals surface area contributed by atoms with E-state index in [0.29, 0.717) is 5.92 Å². The van der Waals surface area contributed by atoms with Crippen molar-refractivity contribution in [1.29, 1.82) is 0 Å². The minimum atomic E-state index is 0.272. The van der Waals surface area contributed by atoms with Gasteiger partial charge < -0.3 is 4.90 Å². The van der Waals surface area contributed by atoms with Gasteiger partial charge >= 0.3 is 0 Å². The molecule has 0 fully saturated rings. The molecule has 0 saturated carbocycles. The molecule has 0 spiro atoms. The first-order valence-corrected chi connectivity index (χ1v) is 9.38. The molecule has 1 atom stereocenters. The number of hydrogen-bond donors (Lipinski definition) is 0. The van der Waals surface area contributed by atoms with E-state index in [1.165, 1.54) is 34.4 Å². The SMILES string of the molecule is C=C(C)N1CCC(C(C)(C)C)c2cc(Cc3ccccc3)cc(C)c21. The predicted molar refractivity (Wildman–Crippen MR) is 109 cm³/mol. The summed E-state index contributed by atoms with van der Waals surface area (Å²) in [4.78, 5) is 2.42. The second-order valence-corrected chi connectivity index (χ2v) is 8.61. The van der Waals surface area contributed by atoms with Crippen LogP contribution in [0.1, 0.15) is 62.3 Å². The summed E-state index contributed by atoms with van der Waals surface area (Å²) in [5.74, 6) is 0.590. The number of nitrogens with zero attached hydrogens (tertiary/aromatic N) is 1. The van der Waals surface area contributed by atoms with Crippen LogP contribution in [-0.4, -0.2) is 6.54 Å². The summed E-state index contributed by atoms with van der Waals surface area (Å²) in [6.07, 6.45) is 2.19. The smallest absolute Gasteiger partial charge is 0.0473 e. The van der Waals surface area contributed by atoms with Crippen LogP contribution in [0.2, 0.25) is 0 Å². The molecule has 1 aliphatic rings. The van der Waals surface area contributed by atoms with Gasteiger partial charge in [0.25, 0.3) is 0 Å². The van der Waals surface area contributed by atoms with Gasteiger partial charge in [-0.2, -0.15) is 0 Å². The number of rotatable bonds is 3. The maximum atomic E-state index is 4.22. The molecule has 0 radical (unpaired) electrons.